The minimum Gasteiger partial charge on any atom is -0.355 e. The van der Waals surface area contributed by atoms with Gasteiger partial charge in [0.05, 0.1) is 0 Å². The van der Waals surface area contributed by atoms with Crippen LogP contribution in [0.1, 0.15) is 11.1 Å². The third-order valence-corrected chi connectivity index (χ3v) is 3.06. The van der Waals surface area contributed by atoms with Gasteiger partial charge in [0.2, 0.25) is 0 Å². The van der Waals surface area contributed by atoms with Gasteiger partial charge in [-0.1, -0.05) is 35.4 Å². The summed E-state index contributed by atoms with van der Waals surface area (Å²) in [6.45, 7) is 4.28. The Kier molecular flexibility index (Phi) is 2.25. The Morgan fingerprint density at radius 3 is 2.24 bits per heavy atom. The van der Waals surface area contributed by atoms with Crippen LogP contribution in [-0.4, -0.2) is 4.98 Å². The van der Waals surface area contributed by atoms with Crippen molar-refractivity contribution in [2.24, 2.45) is 0 Å². The van der Waals surface area contributed by atoms with Gasteiger partial charge in [0.1, 0.15) is 0 Å². The molecule has 2 aromatic carbocycles. The molecule has 0 aliphatic heterocycles. The van der Waals surface area contributed by atoms with Gasteiger partial charge in [-0.2, -0.15) is 0 Å². The van der Waals surface area contributed by atoms with Gasteiger partial charge < -0.3 is 4.98 Å². The molecular weight excluding hydrogens is 206 g/mol. The first kappa shape index (κ1) is 10.2. The van der Waals surface area contributed by atoms with Crippen LogP contribution in [0.3, 0.4) is 0 Å². The van der Waals surface area contributed by atoms with Crippen LogP contribution in [-0.2, 0) is 0 Å². The number of aromatic nitrogens is 1. The number of aryl methyl sites for hydroxylation is 2. The van der Waals surface area contributed by atoms with Crippen molar-refractivity contribution in [1.29, 1.82) is 0 Å². The molecule has 84 valence electrons. The number of hydrogen-bond donors (Lipinski definition) is 1. The highest BCUT2D eigenvalue weighted by Crippen LogP contribution is 2.25. The molecule has 1 heterocycles. The van der Waals surface area contributed by atoms with E-state index in [0.717, 1.165) is 0 Å². The van der Waals surface area contributed by atoms with Crippen molar-refractivity contribution in [3.8, 4) is 11.3 Å². The Balaban J connectivity index is 2.20. The van der Waals surface area contributed by atoms with Gasteiger partial charge in [0, 0.05) is 16.6 Å². The number of H-pyrrole nitrogens is 1. The van der Waals surface area contributed by atoms with Crippen LogP contribution in [0.5, 0.6) is 0 Å². The molecule has 0 unspecified atom stereocenters. The Morgan fingerprint density at radius 2 is 1.53 bits per heavy atom. The molecule has 17 heavy (non-hydrogen) atoms. The molecule has 0 fully saturated rings. The Labute approximate surface area is 101 Å². The van der Waals surface area contributed by atoms with E-state index in [9.17, 15) is 0 Å². The smallest absolute Gasteiger partial charge is 0.0464 e. The van der Waals surface area contributed by atoms with E-state index in [1.54, 1.807) is 0 Å². The van der Waals surface area contributed by atoms with Gasteiger partial charge >= 0.3 is 0 Å². The lowest BCUT2D eigenvalue weighted by Gasteiger charge is -2.02. The molecule has 1 N–H and O–H groups in total. The van der Waals surface area contributed by atoms with Crippen LogP contribution in [0.25, 0.3) is 22.2 Å². The second kappa shape index (κ2) is 3.77. The first-order valence-corrected chi connectivity index (χ1v) is 5.89. The molecule has 0 bridgehead atoms. The highest BCUT2D eigenvalue weighted by molar-refractivity contribution is 5.85. The summed E-state index contributed by atoms with van der Waals surface area (Å²) < 4.78 is 0. The predicted octanol–water partition coefficient (Wildman–Crippen LogP) is 4.45. The van der Waals surface area contributed by atoms with Crippen LogP contribution < -0.4 is 0 Å². The molecule has 1 aromatic heterocycles. The molecule has 0 saturated carbocycles. The zero-order valence-corrected chi connectivity index (χ0v) is 10.1. The molecule has 1 heteroatoms. The number of nitrogens with one attached hydrogen (secondary N) is 1. The van der Waals surface area contributed by atoms with E-state index in [1.807, 2.05) is 0 Å². The van der Waals surface area contributed by atoms with Crippen molar-refractivity contribution in [3.63, 3.8) is 0 Å². The van der Waals surface area contributed by atoms with E-state index in [-0.39, 0.29) is 0 Å². The number of benzene rings is 2. The second-order valence-electron chi connectivity index (χ2n) is 4.65. The summed E-state index contributed by atoms with van der Waals surface area (Å²) in [7, 11) is 0. The zero-order valence-electron chi connectivity index (χ0n) is 10.1. The average Bonchev–Trinajstić information content (AvgIpc) is 2.71. The van der Waals surface area contributed by atoms with Crippen molar-refractivity contribution >= 4 is 10.9 Å². The molecule has 0 radical (unpaired) electrons. The zero-order chi connectivity index (χ0) is 11.8. The first-order valence-electron chi connectivity index (χ1n) is 5.89. The van der Waals surface area contributed by atoms with Gasteiger partial charge in [0.25, 0.3) is 0 Å². The normalized spacial score (nSPS) is 10.9. The molecule has 1 nitrogen and oxygen atoms in total. The molecule has 0 spiro atoms. The average molecular weight is 221 g/mol. The summed E-state index contributed by atoms with van der Waals surface area (Å²) in [4.78, 5) is 3.47. The van der Waals surface area contributed by atoms with E-state index < -0.39 is 0 Å². The molecule has 0 saturated heterocycles. The maximum absolute atomic E-state index is 3.47. The van der Waals surface area contributed by atoms with Crippen LogP contribution in [0.15, 0.2) is 48.5 Å². The van der Waals surface area contributed by atoms with Crippen molar-refractivity contribution in [2.45, 2.75) is 13.8 Å². The summed E-state index contributed by atoms with van der Waals surface area (Å²) in [5.41, 5.74) is 6.26. The van der Waals surface area contributed by atoms with E-state index in [1.165, 1.54) is 33.3 Å². The summed E-state index contributed by atoms with van der Waals surface area (Å²) in [5.74, 6) is 0. The van der Waals surface area contributed by atoms with Crippen LogP contribution in [0.2, 0.25) is 0 Å². The lowest BCUT2D eigenvalue weighted by Crippen LogP contribution is -1.82. The SMILES string of the molecule is Cc1cc(C)cc(-c2cc3ccccc3[nH]2)c1. The molecule has 0 aliphatic rings. The van der Waals surface area contributed by atoms with Crippen LogP contribution in [0.4, 0.5) is 0 Å². The van der Waals surface area contributed by atoms with Gasteiger partial charge in [0.15, 0.2) is 0 Å². The third-order valence-electron chi connectivity index (χ3n) is 3.06. The third kappa shape index (κ3) is 1.84. The second-order valence-corrected chi connectivity index (χ2v) is 4.65. The lowest BCUT2D eigenvalue weighted by atomic mass is 10.1. The topological polar surface area (TPSA) is 15.8 Å². The monoisotopic (exact) mass is 221 g/mol. The maximum Gasteiger partial charge on any atom is 0.0464 e. The van der Waals surface area contributed by atoms with Crippen LogP contribution >= 0.6 is 0 Å². The standard InChI is InChI=1S/C16H15N/c1-11-7-12(2)9-14(8-11)16-10-13-5-3-4-6-15(13)17-16/h3-10,17H,1-2H3. The highest BCUT2D eigenvalue weighted by Gasteiger charge is 2.03. The van der Waals surface area contributed by atoms with Crippen molar-refractivity contribution < 1.29 is 0 Å². The summed E-state index contributed by atoms with van der Waals surface area (Å²) in [6, 6.07) is 17.2. The summed E-state index contributed by atoms with van der Waals surface area (Å²) in [5, 5.41) is 1.27. The molecule has 0 atom stereocenters. The van der Waals surface area contributed by atoms with E-state index in [2.05, 4.69) is 67.4 Å². The fraction of sp³-hybridized carbons (Fsp3) is 0.125. The minimum atomic E-state index is 1.19. The van der Waals surface area contributed by atoms with Crippen molar-refractivity contribution in [3.05, 3.63) is 59.7 Å². The van der Waals surface area contributed by atoms with Crippen LogP contribution in [0, 0.1) is 13.8 Å². The minimum absolute atomic E-state index is 1.19. The number of para-hydroxylation sites is 1. The van der Waals surface area contributed by atoms with E-state index in [0.29, 0.717) is 0 Å². The molecule has 0 amide bonds. The number of hydrogen-bond acceptors (Lipinski definition) is 0. The number of aromatic amines is 1. The quantitative estimate of drug-likeness (QED) is 0.624. The molecule has 3 aromatic rings. The Hall–Kier alpha value is -2.02. The lowest BCUT2D eigenvalue weighted by molar-refractivity contribution is 1.36. The fourth-order valence-corrected chi connectivity index (χ4v) is 2.36. The number of fused-ring (bicyclic) bond motifs is 1. The first-order chi connectivity index (χ1) is 8.22. The van der Waals surface area contributed by atoms with Gasteiger partial charge in [-0.25, -0.2) is 0 Å². The highest BCUT2D eigenvalue weighted by atomic mass is 14.7. The van der Waals surface area contributed by atoms with Gasteiger partial charge in [-0.15, -0.1) is 0 Å². The molecule has 0 aliphatic carbocycles. The van der Waals surface area contributed by atoms with Gasteiger partial charge in [-0.3, -0.25) is 0 Å². The fourth-order valence-electron chi connectivity index (χ4n) is 2.36. The maximum atomic E-state index is 3.47. The summed E-state index contributed by atoms with van der Waals surface area (Å²) >= 11 is 0. The van der Waals surface area contributed by atoms with Gasteiger partial charge in [-0.05, 0) is 43.7 Å². The Bertz CT molecular complexity index is 624. The molecular formula is C16H15N. The number of rotatable bonds is 1. The van der Waals surface area contributed by atoms with E-state index in [4.69, 9.17) is 0 Å². The molecule has 3 rings (SSSR count). The van der Waals surface area contributed by atoms with E-state index >= 15 is 0 Å². The predicted molar refractivity (Wildman–Crippen MR) is 73.2 cm³/mol. The van der Waals surface area contributed by atoms with Crippen molar-refractivity contribution in [2.75, 3.05) is 0 Å². The Morgan fingerprint density at radius 1 is 0.824 bits per heavy atom. The van der Waals surface area contributed by atoms with Crippen molar-refractivity contribution in [1.82, 2.24) is 4.98 Å². The largest absolute Gasteiger partial charge is 0.355 e. The summed E-state index contributed by atoms with van der Waals surface area (Å²) in [6.07, 6.45) is 0.